The highest BCUT2D eigenvalue weighted by molar-refractivity contribution is 7.91. The van der Waals surface area contributed by atoms with Crippen LogP contribution < -0.4 is 15.2 Å². The largest absolute Gasteiger partial charge is 0.452 e. The molecule has 0 unspecified atom stereocenters. The van der Waals surface area contributed by atoms with E-state index in [2.05, 4.69) is 21.3 Å². The summed E-state index contributed by atoms with van der Waals surface area (Å²) in [5.41, 5.74) is 6.22. The maximum absolute atomic E-state index is 11.5. The maximum Gasteiger partial charge on any atom is 0.422 e. The highest BCUT2D eigenvalue weighted by atomic mass is 32.2. The van der Waals surface area contributed by atoms with Crippen LogP contribution in [0.2, 0.25) is 0 Å². The van der Waals surface area contributed by atoms with E-state index in [4.69, 9.17) is 5.73 Å². The van der Waals surface area contributed by atoms with Crippen LogP contribution in [0.5, 0.6) is 0 Å². The smallest absolute Gasteiger partial charge is 0.422 e. The van der Waals surface area contributed by atoms with Gasteiger partial charge in [0.15, 0.2) is 0 Å². The highest BCUT2D eigenvalue weighted by Crippen LogP contribution is 2.10. The summed E-state index contributed by atoms with van der Waals surface area (Å²) in [5, 5.41) is 0. The van der Waals surface area contributed by atoms with Gasteiger partial charge in [-0.05, 0) is 24.3 Å². The van der Waals surface area contributed by atoms with Crippen molar-refractivity contribution in [2.45, 2.75) is 0 Å². The van der Waals surface area contributed by atoms with E-state index in [1.54, 1.807) is 16.9 Å². The molecule has 0 atom stereocenters. The molecule has 7 nitrogen and oxygen atoms in total. The molecule has 0 aliphatic heterocycles. The Balaban J connectivity index is 2.75. The number of nitrogens with two attached hydrogens (primary N) is 1. The standard InChI is InChI=1S/C11H13N3O4S/c1-18-11(15)14-19(16,17)13-10-6-4-9(5-7-10)3-2-8-12/h4-7,13H,8,12H2,1H3,(H,14,15). The van der Waals surface area contributed by atoms with E-state index in [9.17, 15) is 13.2 Å². The summed E-state index contributed by atoms with van der Waals surface area (Å²) < 4.78 is 30.9. The lowest BCUT2D eigenvalue weighted by molar-refractivity contribution is 0.177. The van der Waals surface area contributed by atoms with Gasteiger partial charge in [0.05, 0.1) is 19.3 Å². The van der Waals surface area contributed by atoms with Crippen molar-refractivity contribution in [1.82, 2.24) is 4.72 Å². The lowest BCUT2D eigenvalue weighted by Crippen LogP contribution is -2.35. The first-order valence-corrected chi connectivity index (χ1v) is 6.62. The second-order valence-electron chi connectivity index (χ2n) is 3.28. The van der Waals surface area contributed by atoms with Crippen molar-refractivity contribution in [1.29, 1.82) is 0 Å². The van der Waals surface area contributed by atoms with E-state index in [0.717, 1.165) is 7.11 Å². The molecule has 1 aromatic rings. The highest BCUT2D eigenvalue weighted by Gasteiger charge is 2.13. The molecular weight excluding hydrogens is 270 g/mol. The molecule has 0 aliphatic rings. The van der Waals surface area contributed by atoms with Gasteiger partial charge in [0.25, 0.3) is 0 Å². The Bertz CT molecular complexity index is 599. The molecular formula is C11H13N3O4S. The summed E-state index contributed by atoms with van der Waals surface area (Å²) in [4.78, 5) is 10.8. The summed E-state index contributed by atoms with van der Waals surface area (Å²) in [6, 6.07) is 6.27. The quantitative estimate of drug-likeness (QED) is 0.677. The predicted octanol–water partition coefficient (Wildman–Crippen LogP) is 0.00950. The van der Waals surface area contributed by atoms with Gasteiger partial charge in [-0.2, -0.15) is 8.42 Å². The lowest BCUT2D eigenvalue weighted by atomic mass is 10.2. The van der Waals surface area contributed by atoms with Gasteiger partial charge in [-0.1, -0.05) is 11.8 Å². The third kappa shape index (κ3) is 5.29. The molecule has 4 N–H and O–H groups in total. The van der Waals surface area contributed by atoms with Crippen molar-refractivity contribution in [2.24, 2.45) is 5.73 Å². The Morgan fingerprint density at radius 2 is 2.00 bits per heavy atom. The molecule has 0 radical (unpaired) electrons. The van der Waals surface area contributed by atoms with Crippen LogP contribution in [0.25, 0.3) is 0 Å². The lowest BCUT2D eigenvalue weighted by Gasteiger charge is -2.08. The van der Waals surface area contributed by atoms with Crippen molar-refractivity contribution in [2.75, 3.05) is 18.4 Å². The first-order valence-electron chi connectivity index (χ1n) is 5.14. The number of anilines is 1. The van der Waals surface area contributed by atoms with Crippen LogP contribution in [0.3, 0.4) is 0 Å². The Kier molecular flexibility index (Phi) is 5.17. The number of nitrogens with one attached hydrogen (secondary N) is 2. The first-order chi connectivity index (χ1) is 8.96. The molecule has 1 amide bonds. The number of ether oxygens (including phenoxy) is 1. The van der Waals surface area contributed by atoms with Crippen LogP contribution in [-0.4, -0.2) is 28.2 Å². The van der Waals surface area contributed by atoms with Gasteiger partial charge in [-0.15, -0.1) is 0 Å². The van der Waals surface area contributed by atoms with Gasteiger partial charge in [-0.25, -0.2) is 9.52 Å². The van der Waals surface area contributed by atoms with Gasteiger partial charge < -0.3 is 10.5 Å². The number of hydrogen-bond acceptors (Lipinski definition) is 5. The van der Waals surface area contributed by atoms with E-state index < -0.39 is 16.3 Å². The van der Waals surface area contributed by atoms with E-state index in [0.29, 0.717) is 5.56 Å². The molecule has 0 aliphatic carbocycles. The first kappa shape index (κ1) is 14.8. The Morgan fingerprint density at radius 1 is 1.37 bits per heavy atom. The van der Waals surface area contributed by atoms with Gasteiger partial charge >= 0.3 is 16.3 Å². The van der Waals surface area contributed by atoms with Gasteiger partial charge in [0.1, 0.15) is 0 Å². The molecule has 1 aromatic carbocycles. The van der Waals surface area contributed by atoms with E-state index in [1.807, 2.05) is 0 Å². The summed E-state index contributed by atoms with van der Waals surface area (Å²) in [6.45, 7) is 0.247. The van der Waals surface area contributed by atoms with Crippen LogP contribution in [0, 0.1) is 11.8 Å². The minimum absolute atomic E-state index is 0.247. The number of benzene rings is 1. The third-order valence-electron chi connectivity index (χ3n) is 1.87. The summed E-state index contributed by atoms with van der Waals surface area (Å²) >= 11 is 0. The van der Waals surface area contributed by atoms with Crippen LogP contribution in [-0.2, 0) is 14.9 Å². The van der Waals surface area contributed by atoms with Crippen LogP contribution >= 0.6 is 0 Å². The van der Waals surface area contributed by atoms with Crippen LogP contribution in [0.4, 0.5) is 10.5 Å². The minimum atomic E-state index is -4.01. The monoisotopic (exact) mass is 283 g/mol. The van der Waals surface area contributed by atoms with E-state index >= 15 is 0 Å². The SMILES string of the molecule is COC(=O)NS(=O)(=O)Nc1ccc(C#CCN)cc1. The second kappa shape index (κ2) is 6.63. The van der Waals surface area contributed by atoms with E-state index in [-0.39, 0.29) is 12.2 Å². The Labute approximate surface area is 111 Å². The molecule has 102 valence electrons. The predicted molar refractivity (Wildman–Crippen MR) is 70.5 cm³/mol. The van der Waals surface area contributed by atoms with Crippen molar-refractivity contribution in [3.8, 4) is 11.8 Å². The van der Waals surface area contributed by atoms with Crippen molar-refractivity contribution in [3.05, 3.63) is 29.8 Å². The van der Waals surface area contributed by atoms with Gasteiger partial charge in [-0.3, -0.25) is 4.72 Å². The summed E-state index contributed by atoms with van der Waals surface area (Å²) in [7, 11) is -2.94. The summed E-state index contributed by atoms with van der Waals surface area (Å²) in [6.07, 6.45) is -1.07. The Hall–Kier alpha value is -2.24. The zero-order valence-corrected chi connectivity index (χ0v) is 11.0. The molecule has 0 bridgehead atoms. The van der Waals surface area contributed by atoms with Crippen molar-refractivity contribution < 1.29 is 17.9 Å². The minimum Gasteiger partial charge on any atom is -0.452 e. The fraction of sp³-hybridized carbons (Fsp3) is 0.182. The number of hydrogen-bond donors (Lipinski definition) is 3. The molecule has 0 saturated carbocycles. The summed E-state index contributed by atoms with van der Waals surface area (Å²) in [5.74, 6) is 5.47. The van der Waals surface area contributed by atoms with Crippen LogP contribution in [0.1, 0.15) is 5.56 Å². The molecule has 1 rings (SSSR count). The number of methoxy groups -OCH3 is 1. The average molecular weight is 283 g/mol. The van der Waals surface area contributed by atoms with Crippen molar-refractivity contribution in [3.63, 3.8) is 0 Å². The normalized spacial score (nSPS) is 10.0. The van der Waals surface area contributed by atoms with Crippen LogP contribution in [0.15, 0.2) is 24.3 Å². The molecule has 0 saturated heterocycles. The van der Waals surface area contributed by atoms with Gasteiger partial charge in [0.2, 0.25) is 0 Å². The zero-order chi connectivity index (χ0) is 14.3. The number of rotatable bonds is 3. The van der Waals surface area contributed by atoms with Crippen molar-refractivity contribution >= 4 is 22.0 Å². The molecule has 19 heavy (non-hydrogen) atoms. The third-order valence-corrected chi connectivity index (χ3v) is 2.81. The van der Waals surface area contributed by atoms with Gasteiger partial charge in [0, 0.05) is 5.56 Å². The fourth-order valence-corrected chi connectivity index (χ4v) is 1.91. The Morgan fingerprint density at radius 3 is 2.53 bits per heavy atom. The molecule has 0 heterocycles. The zero-order valence-electron chi connectivity index (χ0n) is 10.1. The molecule has 0 aromatic heterocycles. The average Bonchev–Trinajstić information content (AvgIpc) is 2.37. The maximum atomic E-state index is 11.5. The molecule has 0 spiro atoms. The molecule has 0 fully saturated rings. The van der Waals surface area contributed by atoms with E-state index in [1.165, 1.54) is 12.1 Å². The number of carbonyl (C=O) groups is 1. The molecule has 8 heteroatoms. The topological polar surface area (TPSA) is 111 Å². The fourth-order valence-electron chi connectivity index (χ4n) is 1.11. The number of carbonyl (C=O) groups excluding carboxylic acids is 1. The second-order valence-corrected chi connectivity index (χ2v) is 4.70. The number of amides is 1.